The number of rotatable bonds is 7. The van der Waals surface area contributed by atoms with E-state index in [0.717, 1.165) is 24.9 Å². The normalized spacial score (nSPS) is 17.1. The van der Waals surface area contributed by atoms with Crippen LogP contribution in [-0.2, 0) is 4.79 Å². The van der Waals surface area contributed by atoms with Gasteiger partial charge in [0.05, 0.1) is 0 Å². The molecular weight excluding hydrogens is 284 g/mol. The van der Waals surface area contributed by atoms with Gasteiger partial charge in [-0.15, -0.1) is 12.8 Å². The maximum Gasteiger partial charge on any atom is 0.224 e. The van der Waals surface area contributed by atoms with Gasteiger partial charge in [-0.2, -0.15) is 0 Å². The third-order valence-electron chi connectivity index (χ3n) is 4.46. The maximum atomic E-state index is 12.1. The zero-order chi connectivity index (χ0) is 18.3. The molecule has 136 valence electrons. The summed E-state index contributed by atoms with van der Waals surface area (Å²) < 4.78 is 0. The van der Waals surface area contributed by atoms with Gasteiger partial charge in [0.25, 0.3) is 0 Å². The van der Waals surface area contributed by atoms with Crippen molar-refractivity contribution in [2.75, 3.05) is 20.1 Å². The summed E-state index contributed by atoms with van der Waals surface area (Å²) in [4.78, 5) is 14.1. The molecule has 3 nitrogen and oxygen atoms in total. The van der Waals surface area contributed by atoms with E-state index < -0.39 is 0 Å². The average Bonchev–Trinajstić information content (AvgIpc) is 2.59. The Morgan fingerprint density at radius 1 is 1.22 bits per heavy atom. The molecule has 1 N–H and O–H groups in total. The molecule has 1 aliphatic heterocycles. The van der Waals surface area contributed by atoms with E-state index in [4.69, 9.17) is 0 Å². The summed E-state index contributed by atoms with van der Waals surface area (Å²) in [6, 6.07) is 0.287. The van der Waals surface area contributed by atoms with Gasteiger partial charge >= 0.3 is 0 Å². The van der Waals surface area contributed by atoms with Crippen molar-refractivity contribution in [3.8, 4) is 12.8 Å². The van der Waals surface area contributed by atoms with Gasteiger partial charge in [-0.05, 0) is 45.1 Å². The van der Waals surface area contributed by atoms with Crippen molar-refractivity contribution in [1.82, 2.24) is 10.2 Å². The Hall–Kier alpha value is -1.01. The number of amides is 1. The van der Waals surface area contributed by atoms with Gasteiger partial charge in [0, 0.05) is 25.6 Å². The van der Waals surface area contributed by atoms with Gasteiger partial charge in [-0.25, -0.2) is 0 Å². The molecule has 0 bridgehead atoms. The third kappa shape index (κ3) is 11.2. The zero-order valence-electron chi connectivity index (χ0n) is 16.4. The zero-order valence-corrected chi connectivity index (χ0v) is 16.4. The number of terminal acetylenes is 1. The SMILES string of the molecule is C#C.CC.CCCC(C)CC1CCN(C(=O)C[C@H](C)NC)CC1. The summed E-state index contributed by atoms with van der Waals surface area (Å²) in [5.74, 6) is 2.01. The molecule has 1 heterocycles. The van der Waals surface area contributed by atoms with E-state index >= 15 is 0 Å². The Labute approximate surface area is 145 Å². The van der Waals surface area contributed by atoms with Gasteiger partial charge in [-0.3, -0.25) is 4.79 Å². The van der Waals surface area contributed by atoms with Crippen molar-refractivity contribution in [3.63, 3.8) is 0 Å². The molecule has 1 amide bonds. The predicted molar refractivity (Wildman–Crippen MR) is 102 cm³/mol. The van der Waals surface area contributed by atoms with Crippen LogP contribution in [0.5, 0.6) is 0 Å². The van der Waals surface area contributed by atoms with Crippen LogP contribution in [0.2, 0.25) is 0 Å². The van der Waals surface area contributed by atoms with Gasteiger partial charge in [0.1, 0.15) is 0 Å². The van der Waals surface area contributed by atoms with E-state index in [0.29, 0.717) is 12.3 Å². The first kappa shape index (κ1) is 24.2. The number of carbonyl (C=O) groups excluding carboxylic acids is 1. The Bertz CT molecular complexity index is 293. The van der Waals surface area contributed by atoms with Crippen LogP contribution in [0.15, 0.2) is 0 Å². The Balaban J connectivity index is 0. The third-order valence-corrected chi connectivity index (χ3v) is 4.46. The number of hydrogen-bond donors (Lipinski definition) is 1. The van der Waals surface area contributed by atoms with Gasteiger partial charge in [-0.1, -0.05) is 40.5 Å². The molecule has 0 aliphatic carbocycles. The molecule has 0 spiro atoms. The predicted octanol–water partition coefficient (Wildman–Crippen LogP) is 4.32. The fourth-order valence-electron chi connectivity index (χ4n) is 3.09. The molecular formula is C20H40N2O. The highest BCUT2D eigenvalue weighted by Gasteiger charge is 2.24. The second kappa shape index (κ2) is 15.9. The first-order valence-electron chi connectivity index (χ1n) is 9.35. The smallest absolute Gasteiger partial charge is 0.224 e. The lowest BCUT2D eigenvalue weighted by atomic mass is 9.86. The van der Waals surface area contributed by atoms with Crippen LogP contribution in [-0.4, -0.2) is 37.0 Å². The van der Waals surface area contributed by atoms with Crippen LogP contribution in [0, 0.1) is 24.7 Å². The van der Waals surface area contributed by atoms with Gasteiger partial charge < -0.3 is 10.2 Å². The van der Waals surface area contributed by atoms with Crippen molar-refractivity contribution in [2.24, 2.45) is 11.8 Å². The van der Waals surface area contributed by atoms with Crippen LogP contribution in [0.25, 0.3) is 0 Å². The van der Waals surface area contributed by atoms with Crippen molar-refractivity contribution in [1.29, 1.82) is 0 Å². The molecule has 23 heavy (non-hydrogen) atoms. The Morgan fingerprint density at radius 3 is 2.17 bits per heavy atom. The van der Waals surface area contributed by atoms with Gasteiger partial charge in [0.2, 0.25) is 5.91 Å². The minimum absolute atomic E-state index is 0.287. The minimum Gasteiger partial charge on any atom is -0.343 e. The van der Waals surface area contributed by atoms with Crippen LogP contribution >= 0.6 is 0 Å². The maximum absolute atomic E-state index is 12.1. The lowest BCUT2D eigenvalue weighted by Crippen LogP contribution is -2.41. The topological polar surface area (TPSA) is 32.3 Å². The highest BCUT2D eigenvalue weighted by molar-refractivity contribution is 5.76. The number of likely N-dealkylation sites (tertiary alicyclic amines) is 1. The first-order chi connectivity index (χ1) is 11.1. The molecule has 0 aromatic carbocycles. The standard InChI is InChI=1S/C16H32N2O.C2H6.C2H2/c1-5-6-13(2)11-15-7-9-18(10-8-15)16(19)12-14(3)17-4;2*1-2/h13-15,17H,5-12H2,1-4H3;1-2H3;1-2H/t13?,14-;;/m0../s1. The monoisotopic (exact) mass is 324 g/mol. The minimum atomic E-state index is 0.287. The van der Waals surface area contributed by atoms with E-state index in [1.54, 1.807) is 0 Å². The second-order valence-corrected chi connectivity index (χ2v) is 6.35. The molecule has 0 saturated carbocycles. The molecule has 2 atom stereocenters. The van der Waals surface area contributed by atoms with E-state index in [1.165, 1.54) is 32.1 Å². The van der Waals surface area contributed by atoms with Crippen LogP contribution in [0.1, 0.15) is 73.1 Å². The Kier molecular flexibility index (Phi) is 16.7. The van der Waals surface area contributed by atoms with E-state index in [2.05, 4.69) is 43.8 Å². The number of nitrogens with one attached hydrogen (secondary N) is 1. The van der Waals surface area contributed by atoms with E-state index in [-0.39, 0.29) is 6.04 Å². The van der Waals surface area contributed by atoms with Crippen LogP contribution < -0.4 is 5.32 Å². The molecule has 0 aromatic heterocycles. The number of hydrogen-bond acceptors (Lipinski definition) is 2. The highest BCUT2D eigenvalue weighted by atomic mass is 16.2. The molecule has 1 fully saturated rings. The first-order valence-corrected chi connectivity index (χ1v) is 9.35. The second-order valence-electron chi connectivity index (χ2n) is 6.35. The highest BCUT2D eigenvalue weighted by Crippen LogP contribution is 2.26. The summed E-state index contributed by atoms with van der Waals surface area (Å²) in [7, 11) is 1.92. The Morgan fingerprint density at radius 2 is 1.74 bits per heavy atom. The molecule has 1 unspecified atom stereocenters. The van der Waals surface area contributed by atoms with Crippen molar-refractivity contribution < 1.29 is 4.79 Å². The van der Waals surface area contributed by atoms with E-state index in [9.17, 15) is 4.79 Å². The van der Waals surface area contributed by atoms with Gasteiger partial charge in [0.15, 0.2) is 0 Å². The average molecular weight is 325 g/mol. The molecule has 3 heteroatoms. The van der Waals surface area contributed by atoms with Crippen LogP contribution in [0.4, 0.5) is 0 Å². The van der Waals surface area contributed by atoms with Crippen molar-refractivity contribution in [2.45, 2.75) is 79.2 Å². The molecule has 1 saturated heterocycles. The fraction of sp³-hybridized carbons (Fsp3) is 0.850. The number of piperidine rings is 1. The number of nitrogens with zero attached hydrogens (tertiary/aromatic N) is 1. The van der Waals surface area contributed by atoms with Crippen molar-refractivity contribution in [3.05, 3.63) is 0 Å². The number of carbonyl (C=O) groups is 1. The van der Waals surface area contributed by atoms with Crippen LogP contribution in [0.3, 0.4) is 0 Å². The summed E-state index contributed by atoms with van der Waals surface area (Å²) >= 11 is 0. The summed E-state index contributed by atoms with van der Waals surface area (Å²) in [5.41, 5.74) is 0. The molecule has 1 rings (SSSR count). The fourth-order valence-corrected chi connectivity index (χ4v) is 3.09. The molecule has 0 aromatic rings. The largest absolute Gasteiger partial charge is 0.343 e. The molecule has 1 aliphatic rings. The lowest BCUT2D eigenvalue weighted by Gasteiger charge is -2.33. The lowest BCUT2D eigenvalue weighted by molar-refractivity contribution is -0.133. The summed E-state index contributed by atoms with van der Waals surface area (Å²) in [5, 5.41) is 3.14. The summed E-state index contributed by atoms with van der Waals surface area (Å²) in [6.45, 7) is 12.6. The summed E-state index contributed by atoms with van der Waals surface area (Å²) in [6.07, 6.45) is 15.0. The van der Waals surface area contributed by atoms with Crippen molar-refractivity contribution >= 4 is 5.91 Å². The quantitative estimate of drug-likeness (QED) is 0.707. The van der Waals surface area contributed by atoms with E-state index in [1.807, 2.05) is 20.9 Å². The molecule has 0 radical (unpaired) electrons.